The second-order valence-corrected chi connectivity index (χ2v) is 7.14. The molecule has 0 aliphatic heterocycles. The van der Waals surface area contributed by atoms with Crippen molar-refractivity contribution < 1.29 is 4.79 Å². The summed E-state index contributed by atoms with van der Waals surface area (Å²) in [5.41, 5.74) is 4.76. The summed E-state index contributed by atoms with van der Waals surface area (Å²) in [6.07, 6.45) is 1.25. The van der Waals surface area contributed by atoms with Gasteiger partial charge >= 0.3 is 0 Å². The van der Waals surface area contributed by atoms with E-state index in [9.17, 15) is 4.79 Å². The van der Waals surface area contributed by atoms with Crippen LogP contribution in [0.4, 0.5) is 0 Å². The van der Waals surface area contributed by atoms with Crippen LogP contribution in [0.25, 0.3) is 0 Å². The zero-order chi connectivity index (χ0) is 18.4. The molecule has 2 rings (SSSR count). The molecule has 134 valence electrons. The van der Waals surface area contributed by atoms with Crippen molar-refractivity contribution >= 4 is 17.5 Å². The molecule has 0 aliphatic carbocycles. The Morgan fingerprint density at radius 1 is 1.16 bits per heavy atom. The Kier molecular flexibility index (Phi) is 7.03. The van der Waals surface area contributed by atoms with E-state index in [2.05, 4.69) is 42.3 Å². The molecular formula is C21H27ClN2O. The highest BCUT2D eigenvalue weighted by Gasteiger charge is 2.17. The van der Waals surface area contributed by atoms with Crippen molar-refractivity contribution in [3.05, 3.63) is 69.7 Å². The van der Waals surface area contributed by atoms with E-state index in [1.54, 1.807) is 0 Å². The fourth-order valence-electron chi connectivity index (χ4n) is 2.99. The van der Waals surface area contributed by atoms with Gasteiger partial charge in [0.1, 0.15) is 0 Å². The number of nitrogens with one attached hydrogen (secondary N) is 1. The number of hydrogen-bond acceptors (Lipinski definition) is 2. The van der Waals surface area contributed by atoms with Crippen LogP contribution in [0.5, 0.6) is 0 Å². The van der Waals surface area contributed by atoms with Crippen LogP contribution in [0.15, 0.2) is 42.5 Å². The highest BCUT2D eigenvalue weighted by molar-refractivity contribution is 6.31. The molecule has 1 amide bonds. The smallest absolute Gasteiger partial charge is 0.220 e. The summed E-state index contributed by atoms with van der Waals surface area (Å²) >= 11 is 6.31. The summed E-state index contributed by atoms with van der Waals surface area (Å²) in [6, 6.07) is 14.2. The van der Waals surface area contributed by atoms with Crippen molar-refractivity contribution in [2.45, 2.75) is 32.7 Å². The third kappa shape index (κ3) is 5.58. The number of nitrogens with zero attached hydrogens (tertiary/aromatic N) is 1. The van der Waals surface area contributed by atoms with Gasteiger partial charge in [-0.05, 0) is 57.1 Å². The van der Waals surface area contributed by atoms with Crippen LogP contribution >= 0.6 is 11.6 Å². The maximum atomic E-state index is 12.3. The van der Waals surface area contributed by atoms with E-state index in [4.69, 9.17) is 11.6 Å². The lowest BCUT2D eigenvalue weighted by atomic mass is 10.0. The summed E-state index contributed by atoms with van der Waals surface area (Å²) in [5.74, 6) is 0.0684. The molecule has 3 nitrogen and oxygen atoms in total. The lowest BCUT2D eigenvalue weighted by Crippen LogP contribution is -2.34. The lowest BCUT2D eigenvalue weighted by molar-refractivity contribution is -0.121. The number of carbonyl (C=O) groups excluding carboxylic acids is 1. The number of rotatable bonds is 7. The molecule has 0 radical (unpaired) electrons. The zero-order valence-electron chi connectivity index (χ0n) is 15.5. The summed E-state index contributed by atoms with van der Waals surface area (Å²) < 4.78 is 0. The van der Waals surface area contributed by atoms with Crippen LogP contribution in [0.1, 0.15) is 34.7 Å². The van der Waals surface area contributed by atoms with E-state index in [0.717, 1.165) is 17.0 Å². The molecule has 0 aliphatic rings. The highest BCUT2D eigenvalue weighted by Crippen LogP contribution is 2.25. The van der Waals surface area contributed by atoms with Gasteiger partial charge in [0.05, 0.1) is 6.04 Å². The number of likely N-dealkylation sites (N-methyl/N-ethyl adjacent to an activating group) is 1. The molecule has 2 aromatic carbocycles. The third-order valence-corrected chi connectivity index (χ3v) is 4.84. The Morgan fingerprint density at radius 2 is 1.88 bits per heavy atom. The van der Waals surface area contributed by atoms with Gasteiger partial charge in [-0.2, -0.15) is 0 Å². The second kappa shape index (κ2) is 9.02. The molecule has 25 heavy (non-hydrogen) atoms. The number of aryl methyl sites for hydroxylation is 3. The fraction of sp³-hybridized carbons (Fsp3) is 0.381. The first-order valence-electron chi connectivity index (χ1n) is 8.62. The molecule has 0 saturated carbocycles. The average Bonchev–Trinajstić information content (AvgIpc) is 2.55. The van der Waals surface area contributed by atoms with E-state index >= 15 is 0 Å². The van der Waals surface area contributed by atoms with Crippen molar-refractivity contribution in [2.75, 3.05) is 20.6 Å². The molecule has 0 spiro atoms. The Bertz CT molecular complexity index is 728. The molecule has 0 aromatic heterocycles. The van der Waals surface area contributed by atoms with Crippen molar-refractivity contribution in [2.24, 2.45) is 0 Å². The first-order chi connectivity index (χ1) is 11.9. The Hall–Kier alpha value is -1.84. The van der Waals surface area contributed by atoms with Crippen LogP contribution in [-0.2, 0) is 11.2 Å². The van der Waals surface area contributed by atoms with Crippen molar-refractivity contribution in [1.82, 2.24) is 10.2 Å². The number of carbonyl (C=O) groups is 1. The van der Waals surface area contributed by atoms with E-state index in [-0.39, 0.29) is 11.9 Å². The molecule has 0 bridgehead atoms. The highest BCUT2D eigenvalue weighted by atomic mass is 35.5. The van der Waals surface area contributed by atoms with Gasteiger partial charge in [0.15, 0.2) is 0 Å². The van der Waals surface area contributed by atoms with E-state index in [1.807, 2.05) is 38.4 Å². The molecule has 0 saturated heterocycles. The van der Waals surface area contributed by atoms with Crippen LogP contribution in [0, 0.1) is 13.8 Å². The van der Waals surface area contributed by atoms with Gasteiger partial charge in [0.25, 0.3) is 0 Å². The second-order valence-electron chi connectivity index (χ2n) is 6.73. The van der Waals surface area contributed by atoms with Gasteiger partial charge in [-0.15, -0.1) is 0 Å². The van der Waals surface area contributed by atoms with Gasteiger partial charge in [-0.3, -0.25) is 4.79 Å². The first-order valence-corrected chi connectivity index (χ1v) is 9.00. The molecule has 2 aromatic rings. The van der Waals surface area contributed by atoms with E-state index < -0.39 is 0 Å². The summed E-state index contributed by atoms with van der Waals surface area (Å²) in [7, 11) is 3.99. The zero-order valence-corrected chi connectivity index (χ0v) is 16.2. The van der Waals surface area contributed by atoms with Crippen molar-refractivity contribution in [1.29, 1.82) is 0 Å². The monoisotopic (exact) mass is 358 g/mol. The van der Waals surface area contributed by atoms with E-state index in [0.29, 0.717) is 13.0 Å². The minimum Gasteiger partial charge on any atom is -0.354 e. The Labute approximate surface area is 156 Å². The van der Waals surface area contributed by atoms with Gasteiger partial charge < -0.3 is 10.2 Å². The first kappa shape index (κ1) is 19.5. The average molecular weight is 359 g/mol. The van der Waals surface area contributed by atoms with Crippen LogP contribution in [0.3, 0.4) is 0 Å². The van der Waals surface area contributed by atoms with Gasteiger partial charge in [0, 0.05) is 18.0 Å². The predicted molar refractivity (Wildman–Crippen MR) is 105 cm³/mol. The number of amides is 1. The normalized spacial score (nSPS) is 12.2. The van der Waals surface area contributed by atoms with Crippen LogP contribution < -0.4 is 5.32 Å². The minimum atomic E-state index is 0.0544. The quantitative estimate of drug-likeness (QED) is 0.799. The predicted octanol–water partition coefficient (Wildman–Crippen LogP) is 4.31. The minimum absolute atomic E-state index is 0.0544. The fourth-order valence-corrected chi connectivity index (χ4v) is 3.25. The molecule has 4 heteroatoms. The molecule has 1 N–H and O–H groups in total. The van der Waals surface area contributed by atoms with Crippen molar-refractivity contribution in [3.8, 4) is 0 Å². The molecule has 0 heterocycles. The SMILES string of the molecule is Cc1ccc(CCC(=O)NCC(c2ccccc2Cl)N(C)C)c(C)c1. The summed E-state index contributed by atoms with van der Waals surface area (Å²) in [5, 5.41) is 3.78. The van der Waals surface area contributed by atoms with Gasteiger partial charge in [-0.25, -0.2) is 0 Å². The maximum absolute atomic E-state index is 12.3. The largest absolute Gasteiger partial charge is 0.354 e. The molecule has 1 atom stereocenters. The number of benzene rings is 2. The van der Waals surface area contributed by atoms with Gasteiger partial charge in [0.2, 0.25) is 5.91 Å². The number of hydrogen-bond donors (Lipinski definition) is 1. The molecular weight excluding hydrogens is 332 g/mol. The van der Waals surface area contributed by atoms with Crippen molar-refractivity contribution in [3.63, 3.8) is 0 Å². The van der Waals surface area contributed by atoms with Crippen LogP contribution in [-0.4, -0.2) is 31.4 Å². The third-order valence-electron chi connectivity index (χ3n) is 4.50. The summed E-state index contributed by atoms with van der Waals surface area (Å²) in [6.45, 7) is 4.72. The Balaban J connectivity index is 1.92. The number of halogens is 1. The topological polar surface area (TPSA) is 32.3 Å². The molecule has 0 fully saturated rings. The molecule has 1 unspecified atom stereocenters. The Morgan fingerprint density at radius 3 is 2.52 bits per heavy atom. The standard InChI is InChI=1S/C21H27ClN2O/c1-15-9-10-17(16(2)13-15)11-12-21(25)23-14-20(24(3)4)18-7-5-6-8-19(18)22/h5-10,13,20H,11-12,14H2,1-4H3,(H,23,25). The van der Waals surface area contributed by atoms with Crippen LogP contribution in [0.2, 0.25) is 5.02 Å². The van der Waals surface area contributed by atoms with Gasteiger partial charge in [-0.1, -0.05) is 53.6 Å². The summed E-state index contributed by atoms with van der Waals surface area (Å²) in [4.78, 5) is 14.4. The van der Waals surface area contributed by atoms with E-state index in [1.165, 1.54) is 16.7 Å². The maximum Gasteiger partial charge on any atom is 0.220 e. The lowest BCUT2D eigenvalue weighted by Gasteiger charge is -2.26.